The maximum absolute atomic E-state index is 5.58. The van der Waals surface area contributed by atoms with Crippen LogP contribution in [0.25, 0.3) is 0 Å². The summed E-state index contributed by atoms with van der Waals surface area (Å²) in [5.74, 6) is 2.48. The lowest BCUT2D eigenvalue weighted by molar-refractivity contribution is 0.339. The molecule has 2 heteroatoms. The van der Waals surface area contributed by atoms with Crippen molar-refractivity contribution in [2.45, 2.75) is 32.2 Å². The van der Waals surface area contributed by atoms with Gasteiger partial charge < -0.3 is 10.1 Å². The third kappa shape index (κ3) is 3.69. The zero-order valence-corrected chi connectivity index (χ0v) is 13.5. The van der Waals surface area contributed by atoms with Crippen LogP contribution in [0.5, 0.6) is 5.75 Å². The average molecular weight is 295 g/mol. The molecule has 0 radical (unpaired) electrons. The lowest BCUT2D eigenvalue weighted by atomic mass is 10.1. The summed E-state index contributed by atoms with van der Waals surface area (Å²) >= 11 is 0. The van der Waals surface area contributed by atoms with Crippen LogP contribution in [0.3, 0.4) is 0 Å². The van der Waals surface area contributed by atoms with Crippen molar-refractivity contribution in [1.82, 2.24) is 5.32 Å². The monoisotopic (exact) mass is 295 g/mol. The summed E-state index contributed by atoms with van der Waals surface area (Å²) in [6.45, 7) is 6.04. The largest absolute Gasteiger partial charge is 0.494 e. The molecular weight excluding hydrogens is 270 g/mol. The molecule has 22 heavy (non-hydrogen) atoms. The number of nitrogens with one attached hydrogen (secondary N) is 1. The molecule has 2 aromatic rings. The molecule has 1 unspecified atom stereocenters. The van der Waals surface area contributed by atoms with Gasteiger partial charge in [-0.3, -0.25) is 0 Å². The summed E-state index contributed by atoms with van der Waals surface area (Å²) in [6, 6.07) is 19.6. The van der Waals surface area contributed by atoms with Gasteiger partial charge in [-0.1, -0.05) is 42.5 Å². The molecule has 0 spiro atoms. The van der Waals surface area contributed by atoms with E-state index in [2.05, 4.69) is 60.8 Å². The molecule has 0 heterocycles. The third-order valence-corrected chi connectivity index (χ3v) is 4.51. The van der Waals surface area contributed by atoms with Crippen LogP contribution in [0.4, 0.5) is 0 Å². The van der Waals surface area contributed by atoms with Gasteiger partial charge in [0.25, 0.3) is 0 Å². The molecule has 3 atom stereocenters. The van der Waals surface area contributed by atoms with Crippen LogP contribution in [0.2, 0.25) is 0 Å². The van der Waals surface area contributed by atoms with Crippen LogP contribution in [0.15, 0.2) is 54.6 Å². The van der Waals surface area contributed by atoms with Crippen molar-refractivity contribution in [2.24, 2.45) is 5.92 Å². The van der Waals surface area contributed by atoms with Crippen molar-refractivity contribution < 1.29 is 4.74 Å². The number of hydrogen-bond acceptors (Lipinski definition) is 2. The van der Waals surface area contributed by atoms with Gasteiger partial charge in [0.05, 0.1) is 6.61 Å². The first kappa shape index (κ1) is 15.1. The number of hydrogen-bond donors (Lipinski definition) is 1. The second kappa shape index (κ2) is 6.97. The van der Waals surface area contributed by atoms with E-state index in [0.717, 1.165) is 24.1 Å². The highest BCUT2D eigenvalue weighted by Crippen LogP contribution is 2.47. The Kier molecular flexibility index (Phi) is 4.79. The summed E-state index contributed by atoms with van der Waals surface area (Å²) in [6.07, 6.45) is 1.31. The molecule has 0 bridgehead atoms. The van der Waals surface area contributed by atoms with Gasteiger partial charge in [0, 0.05) is 6.04 Å². The lowest BCUT2D eigenvalue weighted by Gasteiger charge is -2.15. The predicted molar refractivity (Wildman–Crippen MR) is 91.3 cm³/mol. The van der Waals surface area contributed by atoms with Crippen molar-refractivity contribution in [3.8, 4) is 5.75 Å². The summed E-state index contributed by atoms with van der Waals surface area (Å²) in [5.41, 5.74) is 2.78. The van der Waals surface area contributed by atoms with Crippen LogP contribution in [-0.2, 0) is 0 Å². The molecular formula is C20H25NO. The van der Waals surface area contributed by atoms with E-state index in [1.54, 1.807) is 0 Å². The molecule has 1 saturated carbocycles. The quantitative estimate of drug-likeness (QED) is 0.809. The fraction of sp³-hybridized carbons (Fsp3) is 0.400. The first-order valence-corrected chi connectivity index (χ1v) is 8.29. The third-order valence-electron chi connectivity index (χ3n) is 4.51. The van der Waals surface area contributed by atoms with Crippen molar-refractivity contribution in [2.75, 3.05) is 13.2 Å². The molecule has 1 aliphatic rings. The minimum Gasteiger partial charge on any atom is -0.494 e. The van der Waals surface area contributed by atoms with Crippen molar-refractivity contribution in [3.63, 3.8) is 0 Å². The SMILES string of the molecule is CCOc1cccc(C(C)NC[C@@H]2C[C@H]2c2ccccc2)c1. The highest BCUT2D eigenvalue weighted by Gasteiger charge is 2.37. The normalized spacial score (nSPS) is 21.4. The van der Waals surface area contributed by atoms with Gasteiger partial charge in [-0.05, 0) is 61.9 Å². The zero-order chi connectivity index (χ0) is 15.4. The van der Waals surface area contributed by atoms with Crippen molar-refractivity contribution >= 4 is 0 Å². The van der Waals surface area contributed by atoms with Crippen LogP contribution >= 0.6 is 0 Å². The summed E-state index contributed by atoms with van der Waals surface area (Å²) in [4.78, 5) is 0. The highest BCUT2D eigenvalue weighted by molar-refractivity contribution is 5.30. The second-order valence-corrected chi connectivity index (χ2v) is 6.15. The Balaban J connectivity index is 1.51. The molecule has 3 rings (SSSR count). The van der Waals surface area contributed by atoms with Gasteiger partial charge in [-0.2, -0.15) is 0 Å². The number of ether oxygens (including phenoxy) is 1. The van der Waals surface area contributed by atoms with E-state index in [1.165, 1.54) is 17.5 Å². The molecule has 2 nitrogen and oxygen atoms in total. The molecule has 1 fully saturated rings. The topological polar surface area (TPSA) is 21.3 Å². The second-order valence-electron chi connectivity index (χ2n) is 6.15. The van der Waals surface area contributed by atoms with Crippen LogP contribution < -0.4 is 10.1 Å². The van der Waals surface area contributed by atoms with Gasteiger partial charge in [0.2, 0.25) is 0 Å². The van der Waals surface area contributed by atoms with E-state index in [1.807, 2.05) is 13.0 Å². The minimum absolute atomic E-state index is 0.359. The van der Waals surface area contributed by atoms with E-state index < -0.39 is 0 Å². The molecule has 2 aromatic carbocycles. The van der Waals surface area contributed by atoms with E-state index in [4.69, 9.17) is 4.74 Å². The molecule has 0 aliphatic heterocycles. The lowest BCUT2D eigenvalue weighted by Crippen LogP contribution is -2.21. The highest BCUT2D eigenvalue weighted by atomic mass is 16.5. The predicted octanol–water partition coefficient (Wildman–Crippen LogP) is 4.54. The Hall–Kier alpha value is -1.80. The maximum Gasteiger partial charge on any atom is 0.119 e. The van der Waals surface area contributed by atoms with Crippen LogP contribution in [0, 0.1) is 5.92 Å². The van der Waals surface area contributed by atoms with E-state index >= 15 is 0 Å². The van der Waals surface area contributed by atoms with Crippen molar-refractivity contribution in [3.05, 3.63) is 65.7 Å². The van der Waals surface area contributed by atoms with E-state index in [0.29, 0.717) is 12.6 Å². The smallest absolute Gasteiger partial charge is 0.119 e. The Morgan fingerprint density at radius 1 is 1.14 bits per heavy atom. The van der Waals surface area contributed by atoms with Gasteiger partial charge in [-0.15, -0.1) is 0 Å². The maximum atomic E-state index is 5.58. The number of rotatable bonds is 7. The Bertz CT molecular complexity index is 596. The minimum atomic E-state index is 0.359. The van der Waals surface area contributed by atoms with Gasteiger partial charge in [0.1, 0.15) is 5.75 Å². The zero-order valence-electron chi connectivity index (χ0n) is 13.5. The van der Waals surface area contributed by atoms with Gasteiger partial charge in [-0.25, -0.2) is 0 Å². The molecule has 1 aliphatic carbocycles. The van der Waals surface area contributed by atoms with Crippen LogP contribution in [-0.4, -0.2) is 13.2 Å². The standard InChI is InChI=1S/C20H25NO/c1-3-22-19-11-7-10-17(12-19)15(2)21-14-18-13-20(18)16-8-5-4-6-9-16/h4-12,15,18,20-21H,3,13-14H2,1-2H3/t15?,18-,20-/m0/s1. The van der Waals surface area contributed by atoms with Gasteiger partial charge in [0.15, 0.2) is 0 Å². The van der Waals surface area contributed by atoms with E-state index in [-0.39, 0.29) is 0 Å². The Morgan fingerprint density at radius 3 is 2.73 bits per heavy atom. The first-order chi connectivity index (χ1) is 10.8. The average Bonchev–Trinajstić information content (AvgIpc) is 3.34. The van der Waals surface area contributed by atoms with Gasteiger partial charge >= 0.3 is 0 Å². The molecule has 0 amide bonds. The molecule has 116 valence electrons. The Labute approximate surface area is 133 Å². The fourth-order valence-electron chi connectivity index (χ4n) is 3.07. The molecule has 0 aromatic heterocycles. The summed E-state index contributed by atoms with van der Waals surface area (Å²) < 4.78 is 5.58. The summed E-state index contributed by atoms with van der Waals surface area (Å²) in [5, 5.41) is 3.67. The number of benzene rings is 2. The van der Waals surface area contributed by atoms with E-state index in [9.17, 15) is 0 Å². The first-order valence-electron chi connectivity index (χ1n) is 8.29. The summed E-state index contributed by atoms with van der Waals surface area (Å²) in [7, 11) is 0. The fourth-order valence-corrected chi connectivity index (χ4v) is 3.07. The molecule has 0 saturated heterocycles. The Morgan fingerprint density at radius 2 is 1.95 bits per heavy atom. The molecule has 1 N–H and O–H groups in total. The van der Waals surface area contributed by atoms with Crippen molar-refractivity contribution in [1.29, 1.82) is 0 Å². The van der Waals surface area contributed by atoms with Crippen LogP contribution in [0.1, 0.15) is 43.4 Å².